The van der Waals surface area contributed by atoms with E-state index in [-0.39, 0.29) is 0 Å². The number of nitrogens with one attached hydrogen (secondary N) is 1. The molecule has 2 heterocycles. The first kappa shape index (κ1) is 12.5. The van der Waals surface area contributed by atoms with Gasteiger partial charge in [-0.05, 0) is 38.1 Å². The zero-order valence-corrected chi connectivity index (χ0v) is 11.5. The van der Waals surface area contributed by atoms with E-state index in [1.165, 1.54) is 0 Å². The van der Waals surface area contributed by atoms with Gasteiger partial charge in [-0.2, -0.15) is 5.10 Å². The van der Waals surface area contributed by atoms with E-state index in [0.717, 1.165) is 36.7 Å². The van der Waals surface area contributed by atoms with Crippen molar-refractivity contribution in [3.05, 3.63) is 41.2 Å². The minimum absolute atomic E-state index is 0.428. The fraction of sp³-hybridized carbons (Fsp3) is 0.357. The molecular formula is C14H16ClN3O. The van der Waals surface area contributed by atoms with E-state index in [2.05, 4.69) is 10.4 Å². The Morgan fingerprint density at radius 1 is 1.47 bits per heavy atom. The van der Waals surface area contributed by atoms with E-state index < -0.39 is 0 Å². The lowest BCUT2D eigenvalue weighted by Crippen LogP contribution is -2.15. The number of aromatic nitrogens is 2. The van der Waals surface area contributed by atoms with Gasteiger partial charge in [-0.25, -0.2) is 0 Å². The van der Waals surface area contributed by atoms with Crippen LogP contribution in [0.1, 0.15) is 18.2 Å². The van der Waals surface area contributed by atoms with E-state index in [0.29, 0.717) is 11.1 Å². The van der Waals surface area contributed by atoms with Crippen molar-refractivity contribution in [3.63, 3.8) is 0 Å². The van der Waals surface area contributed by atoms with Gasteiger partial charge in [0.05, 0.1) is 17.9 Å². The third-order valence-electron chi connectivity index (χ3n) is 3.40. The molecule has 1 aliphatic rings. The van der Waals surface area contributed by atoms with Gasteiger partial charge in [0.1, 0.15) is 5.75 Å². The second kappa shape index (κ2) is 5.23. The maximum Gasteiger partial charge on any atom is 0.168 e. The molecule has 0 amide bonds. The minimum Gasteiger partial charge on any atom is -0.454 e. The molecule has 3 rings (SSSR count). The summed E-state index contributed by atoms with van der Waals surface area (Å²) in [5.41, 5.74) is 1.05. The van der Waals surface area contributed by atoms with Gasteiger partial charge in [-0.3, -0.25) is 4.68 Å². The molecule has 1 unspecified atom stereocenters. The molecule has 0 radical (unpaired) electrons. The first-order valence-corrected chi connectivity index (χ1v) is 6.80. The van der Waals surface area contributed by atoms with E-state index in [9.17, 15) is 0 Å². The molecule has 100 valence electrons. The molecule has 0 aliphatic carbocycles. The van der Waals surface area contributed by atoms with Crippen molar-refractivity contribution in [1.82, 2.24) is 15.1 Å². The van der Waals surface area contributed by atoms with Crippen LogP contribution in [-0.2, 0) is 0 Å². The SMILES string of the molecule is Cc1c(Oc2cccc(Cl)c2)cnn1C1CCNC1. The molecule has 0 spiro atoms. The molecule has 1 aliphatic heterocycles. The molecule has 1 N–H and O–H groups in total. The van der Waals surface area contributed by atoms with Gasteiger partial charge < -0.3 is 10.1 Å². The number of nitrogens with zero attached hydrogens (tertiary/aromatic N) is 2. The lowest BCUT2D eigenvalue weighted by molar-refractivity contribution is 0.457. The van der Waals surface area contributed by atoms with Crippen LogP contribution in [0, 0.1) is 6.92 Å². The zero-order chi connectivity index (χ0) is 13.2. The first-order chi connectivity index (χ1) is 9.24. The summed E-state index contributed by atoms with van der Waals surface area (Å²) in [6.45, 7) is 4.05. The lowest BCUT2D eigenvalue weighted by Gasteiger charge is -2.12. The largest absolute Gasteiger partial charge is 0.454 e. The second-order valence-electron chi connectivity index (χ2n) is 4.74. The highest BCUT2D eigenvalue weighted by Gasteiger charge is 2.20. The van der Waals surface area contributed by atoms with Crippen LogP contribution >= 0.6 is 11.6 Å². The summed E-state index contributed by atoms with van der Waals surface area (Å²) < 4.78 is 7.88. The van der Waals surface area contributed by atoms with Crippen molar-refractivity contribution < 1.29 is 4.74 Å². The number of hydrogen-bond acceptors (Lipinski definition) is 3. The van der Waals surface area contributed by atoms with E-state index >= 15 is 0 Å². The zero-order valence-electron chi connectivity index (χ0n) is 10.8. The summed E-state index contributed by atoms with van der Waals surface area (Å²) in [4.78, 5) is 0. The Bertz CT molecular complexity index is 576. The average molecular weight is 278 g/mol. The summed E-state index contributed by atoms with van der Waals surface area (Å²) in [6, 6.07) is 7.82. The Morgan fingerprint density at radius 3 is 3.11 bits per heavy atom. The first-order valence-electron chi connectivity index (χ1n) is 6.42. The highest BCUT2D eigenvalue weighted by atomic mass is 35.5. The molecule has 0 saturated carbocycles. The van der Waals surface area contributed by atoms with Gasteiger partial charge in [-0.1, -0.05) is 17.7 Å². The molecule has 1 aromatic carbocycles. The van der Waals surface area contributed by atoms with Gasteiger partial charge in [0, 0.05) is 11.6 Å². The Morgan fingerprint density at radius 2 is 2.37 bits per heavy atom. The van der Waals surface area contributed by atoms with Crippen LogP contribution in [0.4, 0.5) is 0 Å². The summed E-state index contributed by atoms with van der Waals surface area (Å²) >= 11 is 5.95. The van der Waals surface area contributed by atoms with Crippen molar-refractivity contribution in [2.75, 3.05) is 13.1 Å². The molecule has 5 heteroatoms. The minimum atomic E-state index is 0.428. The average Bonchev–Trinajstić information content (AvgIpc) is 3.01. The quantitative estimate of drug-likeness (QED) is 0.937. The van der Waals surface area contributed by atoms with Gasteiger partial charge in [0.15, 0.2) is 5.75 Å². The van der Waals surface area contributed by atoms with Crippen molar-refractivity contribution in [2.24, 2.45) is 0 Å². The number of benzene rings is 1. The van der Waals surface area contributed by atoms with Crippen molar-refractivity contribution >= 4 is 11.6 Å². The molecular weight excluding hydrogens is 262 g/mol. The number of hydrogen-bond donors (Lipinski definition) is 1. The normalized spacial score (nSPS) is 18.7. The highest BCUT2D eigenvalue weighted by Crippen LogP contribution is 2.29. The summed E-state index contributed by atoms with van der Waals surface area (Å²) in [5.74, 6) is 1.52. The molecule has 1 fully saturated rings. The number of ether oxygens (including phenoxy) is 1. The predicted octanol–water partition coefficient (Wildman–Crippen LogP) is 3.17. The molecule has 4 nitrogen and oxygen atoms in total. The molecule has 2 aromatic rings. The van der Waals surface area contributed by atoms with Crippen LogP contribution in [0.25, 0.3) is 0 Å². The fourth-order valence-corrected chi connectivity index (χ4v) is 2.56. The fourth-order valence-electron chi connectivity index (χ4n) is 2.38. The second-order valence-corrected chi connectivity index (χ2v) is 5.18. The maximum absolute atomic E-state index is 5.95. The van der Waals surface area contributed by atoms with Crippen LogP contribution < -0.4 is 10.1 Å². The maximum atomic E-state index is 5.95. The van der Waals surface area contributed by atoms with Gasteiger partial charge in [0.25, 0.3) is 0 Å². The van der Waals surface area contributed by atoms with Gasteiger partial charge in [0.2, 0.25) is 0 Å². The third kappa shape index (κ3) is 2.60. The monoisotopic (exact) mass is 277 g/mol. The summed E-state index contributed by atoms with van der Waals surface area (Å²) in [5, 5.41) is 8.45. The molecule has 1 aromatic heterocycles. The Kier molecular flexibility index (Phi) is 3.44. The summed E-state index contributed by atoms with van der Waals surface area (Å²) in [7, 11) is 0. The molecule has 0 bridgehead atoms. The molecule has 19 heavy (non-hydrogen) atoms. The summed E-state index contributed by atoms with van der Waals surface area (Å²) in [6.07, 6.45) is 2.88. The number of rotatable bonds is 3. The Balaban J connectivity index is 1.82. The van der Waals surface area contributed by atoms with Crippen LogP contribution in [0.3, 0.4) is 0 Å². The standard InChI is InChI=1S/C14H16ClN3O/c1-10-14(19-13-4-2-3-11(15)7-13)9-17-18(10)12-5-6-16-8-12/h2-4,7,9,12,16H,5-6,8H2,1H3. The van der Waals surface area contributed by atoms with Crippen LogP contribution in [0.5, 0.6) is 11.5 Å². The van der Waals surface area contributed by atoms with Crippen molar-refractivity contribution in [3.8, 4) is 11.5 Å². The Hall–Kier alpha value is -1.52. The molecule has 1 saturated heterocycles. The van der Waals surface area contributed by atoms with Crippen LogP contribution in [-0.4, -0.2) is 22.9 Å². The van der Waals surface area contributed by atoms with E-state index in [1.807, 2.05) is 29.8 Å². The van der Waals surface area contributed by atoms with E-state index in [1.54, 1.807) is 12.3 Å². The van der Waals surface area contributed by atoms with Gasteiger partial charge >= 0.3 is 0 Å². The highest BCUT2D eigenvalue weighted by molar-refractivity contribution is 6.30. The van der Waals surface area contributed by atoms with Gasteiger partial charge in [-0.15, -0.1) is 0 Å². The predicted molar refractivity (Wildman–Crippen MR) is 75.0 cm³/mol. The van der Waals surface area contributed by atoms with Crippen LogP contribution in [0.2, 0.25) is 5.02 Å². The molecule has 1 atom stereocenters. The smallest absolute Gasteiger partial charge is 0.168 e. The van der Waals surface area contributed by atoms with E-state index in [4.69, 9.17) is 16.3 Å². The third-order valence-corrected chi connectivity index (χ3v) is 3.64. The number of halogens is 1. The van der Waals surface area contributed by atoms with Crippen molar-refractivity contribution in [2.45, 2.75) is 19.4 Å². The Labute approximate surface area is 117 Å². The van der Waals surface area contributed by atoms with Crippen LogP contribution in [0.15, 0.2) is 30.5 Å². The topological polar surface area (TPSA) is 39.1 Å². The van der Waals surface area contributed by atoms with Crippen molar-refractivity contribution in [1.29, 1.82) is 0 Å². The lowest BCUT2D eigenvalue weighted by atomic mass is 10.2.